The second-order valence-corrected chi connectivity index (χ2v) is 7.31. The number of rotatable bonds is 8. The molecule has 29 heavy (non-hydrogen) atoms. The summed E-state index contributed by atoms with van der Waals surface area (Å²) < 4.78 is 10.7. The molecule has 1 heterocycles. The van der Waals surface area contributed by atoms with Crippen molar-refractivity contribution in [2.24, 2.45) is 5.92 Å². The lowest BCUT2D eigenvalue weighted by atomic mass is 10.0. The summed E-state index contributed by atoms with van der Waals surface area (Å²) in [4.78, 5) is 26.9. The number of hydrogen-bond acceptors (Lipinski definition) is 4. The standard InChI is InChI=1S/C23H28N2O4/c1-16(20-14-19(28-2)9-10-21(20)29-3)24-23(27)18-13-22(26)25(15-18)12-11-17-7-5-4-6-8-17/h4-10,14,16,18H,11-13,15H2,1-3H3,(H,24,27). The van der Waals surface area contributed by atoms with Crippen LogP contribution in [0.4, 0.5) is 0 Å². The summed E-state index contributed by atoms with van der Waals surface area (Å²) in [5.41, 5.74) is 2.03. The van der Waals surface area contributed by atoms with Crippen molar-refractivity contribution in [2.75, 3.05) is 27.3 Å². The zero-order valence-corrected chi connectivity index (χ0v) is 17.2. The number of carbonyl (C=O) groups is 2. The van der Waals surface area contributed by atoms with Gasteiger partial charge in [-0.3, -0.25) is 9.59 Å². The highest BCUT2D eigenvalue weighted by atomic mass is 16.5. The van der Waals surface area contributed by atoms with E-state index >= 15 is 0 Å². The molecule has 2 amide bonds. The van der Waals surface area contributed by atoms with Gasteiger partial charge in [-0.1, -0.05) is 30.3 Å². The molecule has 1 aliphatic heterocycles. The van der Waals surface area contributed by atoms with E-state index in [1.54, 1.807) is 19.1 Å². The van der Waals surface area contributed by atoms with E-state index in [0.717, 1.165) is 12.0 Å². The van der Waals surface area contributed by atoms with Gasteiger partial charge in [0.15, 0.2) is 0 Å². The van der Waals surface area contributed by atoms with Gasteiger partial charge in [0.25, 0.3) is 0 Å². The minimum atomic E-state index is -0.336. The Bertz CT molecular complexity index is 853. The van der Waals surface area contributed by atoms with Gasteiger partial charge in [-0.2, -0.15) is 0 Å². The normalized spacial score (nSPS) is 17.1. The van der Waals surface area contributed by atoms with Crippen molar-refractivity contribution >= 4 is 11.8 Å². The summed E-state index contributed by atoms with van der Waals surface area (Å²) in [6.07, 6.45) is 1.04. The van der Waals surface area contributed by atoms with E-state index < -0.39 is 0 Å². The number of nitrogens with one attached hydrogen (secondary N) is 1. The SMILES string of the molecule is COc1ccc(OC)c(C(C)NC(=O)C2CC(=O)N(CCc3ccccc3)C2)c1. The molecule has 0 aromatic heterocycles. The molecule has 6 heteroatoms. The second kappa shape index (κ2) is 9.45. The zero-order valence-electron chi connectivity index (χ0n) is 17.2. The molecule has 2 unspecified atom stereocenters. The van der Waals surface area contributed by atoms with Crippen molar-refractivity contribution in [3.8, 4) is 11.5 Å². The average Bonchev–Trinajstić information content (AvgIpc) is 3.13. The van der Waals surface area contributed by atoms with Crippen molar-refractivity contribution in [2.45, 2.75) is 25.8 Å². The fourth-order valence-corrected chi connectivity index (χ4v) is 3.66. The molecule has 0 aliphatic carbocycles. The van der Waals surface area contributed by atoms with E-state index in [9.17, 15) is 9.59 Å². The van der Waals surface area contributed by atoms with Crippen LogP contribution in [0.2, 0.25) is 0 Å². The fourth-order valence-electron chi connectivity index (χ4n) is 3.66. The number of carbonyl (C=O) groups excluding carboxylic acids is 2. The van der Waals surface area contributed by atoms with Crippen molar-refractivity contribution in [3.05, 3.63) is 59.7 Å². The molecule has 2 aromatic carbocycles. The van der Waals surface area contributed by atoms with Gasteiger partial charge < -0.3 is 19.7 Å². The van der Waals surface area contributed by atoms with Crippen LogP contribution in [-0.2, 0) is 16.0 Å². The predicted octanol–water partition coefficient (Wildman–Crippen LogP) is 2.97. The maximum Gasteiger partial charge on any atom is 0.225 e. The van der Waals surface area contributed by atoms with Crippen molar-refractivity contribution in [1.29, 1.82) is 0 Å². The number of likely N-dealkylation sites (tertiary alicyclic amines) is 1. The summed E-state index contributed by atoms with van der Waals surface area (Å²) in [7, 11) is 3.20. The van der Waals surface area contributed by atoms with Crippen LogP contribution in [0, 0.1) is 5.92 Å². The van der Waals surface area contributed by atoms with Crippen molar-refractivity contribution in [1.82, 2.24) is 10.2 Å². The van der Waals surface area contributed by atoms with Gasteiger partial charge >= 0.3 is 0 Å². The molecule has 0 spiro atoms. The first-order chi connectivity index (χ1) is 14.0. The Morgan fingerprint density at radius 2 is 1.93 bits per heavy atom. The Kier molecular flexibility index (Phi) is 6.75. The number of ether oxygens (including phenoxy) is 2. The summed E-state index contributed by atoms with van der Waals surface area (Å²) in [5, 5.41) is 3.03. The predicted molar refractivity (Wildman–Crippen MR) is 111 cm³/mol. The van der Waals surface area contributed by atoms with Crippen LogP contribution in [0.25, 0.3) is 0 Å². The summed E-state index contributed by atoms with van der Waals surface area (Å²) in [5.74, 6) is 0.971. The highest BCUT2D eigenvalue weighted by Gasteiger charge is 2.34. The van der Waals surface area contributed by atoms with Crippen molar-refractivity contribution in [3.63, 3.8) is 0 Å². The van der Waals surface area contributed by atoms with Crippen LogP contribution in [0.15, 0.2) is 48.5 Å². The van der Waals surface area contributed by atoms with E-state index in [-0.39, 0.29) is 30.2 Å². The molecule has 3 rings (SSSR count). The molecule has 0 saturated carbocycles. The van der Waals surface area contributed by atoms with Crippen LogP contribution in [-0.4, -0.2) is 44.0 Å². The van der Waals surface area contributed by atoms with E-state index in [1.165, 1.54) is 5.56 Å². The topological polar surface area (TPSA) is 67.9 Å². The van der Waals surface area contributed by atoms with Gasteiger partial charge in [0.05, 0.1) is 26.2 Å². The maximum absolute atomic E-state index is 12.8. The van der Waals surface area contributed by atoms with Gasteiger partial charge in [0.2, 0.25) is 11.8 Å². The van der Waals surface area contributed by atoms with Gasteiger partial charge in [0.1, 0.15) is 11.5 Å². The number of nitrogens with zero attached hydrogens (tertiary/aromatic N) is 1. The van der Waals surface area contributed by atoms with Crippen molar-refractivity contribution < 1.29 is 19.1 Å². The minimum absolute atomic E-state index is 0.0349. The van der Waals surface area contributed by atoms with Crippen LogP contribution in [0.5, 0.6) is 11.5 Å². The third kappa shape index (κ3) is 5.08. The first kappa shape index (κ1) is 20.7. The molecule has 6 nitrogen and oxygen atoms in total. The number of methoxy groups -OCH3 is 2. The lowest BCUT2D eigenvalue weighted by molar-refractivity contribution is -0.129. The molecule has 1 aliphatic rings. The van der Waals surface area contributed by atoms with Crippen LogP contribution >= 0.6 is 0 Å². The minimum Gasteiger partial charge on any atom is -0.497 e. The Morgan fingerprint density at radius 3 is 2.62 bits per heavy atom. The lowest BCUT2D eigenvalue weighted by Gasteiger charge is -2.20. The largest absolute Gasteiger partial charge is 0.497 e. The second-order valence-electron chi connectivity index (χ2n) is 7.31. The number of hydrogen-bond donors (Lipinski definition) is 1. The molecule has 1 fully saturated rings. The molecule has 154 valence electrons. The summed E-state index contributed by atoms with van der Waals surface area (Å²) in [6, 6.07) is 15.3. The third-order valence-corrected chi connectivity index (χ3v) is 5.36. The van der Waals surface area contributed by atoms with Gasteiger partial charge in [-0.25, -0.2) is 0 Å². The van der Waals surface area contributed by atoms with E-state index in [1.807, 2.05) is 55.5 Å². The molecule has 1 saturated heterocycles. The Hall–Kier alpha value is -3.02. The Balaban J connectivity index is 1.59. The molecule has 1 N–H and O–H groups in total. The first-order valence-electron chi connectivity index (χ1n) is 9.85. The first-order valence-corrected chi connectivity index (χ1v) is 9.85. The zero-order chi connectivity index (χ0) is 20.8. The smallest absolute Gasteiger partial charge is 0.225 e. The third-order valence-electron chi connectivity index (χ3n) is 5.36. The molecule has 0 radical (unpaired) electrons. The molecular weight excluding hydrogens is 368 g/mol. The Morgan fingerprint density at radius 1 is 1.17 bits per heavy atom. The maximum atomic E-state index is 12.8. The Labute approximate surface area is 171 Å². The summed E-state index contributed by atoms with van der Waals surface area (Å²) in [6.45, 7) is 2.99. The quantitative estimate of drug-likeness (QED) is 0.745. The summed E-state index contributed by atoms with van der Waals surface area (Å²) >= 11 is 0. The van der Waals surface area contributed by atoms with Gasteiger partial charge in [-0.15, -0.1) is 0 Å². The van der Waals surface area contributed by atoms with Crippen LogP contribution in [0.3, 0.4) is 0 Å². The van der Waals surface area contributed by atoms with E-state index in [0.29, 0.717) is 24.6 Å². The highest BCUT2D eigenvalue weighted by Crippen LogP contribution is 2.30. The number of benzene rings is 2. The lowest BCUT2D eigenvalue weighted by Crippen LogP contribution is -2.35. The van der Waals surface area contributed by atoms with E-state index in [4.69, 9.17) is 9.47 Å². The van der Waals surface area contributed by atoms with Gasteiger partial charge in [0, 0.05) is 25.1 Å². The average molecular weight is 396 g/mol. The highest BCUT2D eigenvalue weighted by molar-refractivity contribution is 5.89. The van der Waals surface area contributed by atoms with Crippen LogP contribution < -0.4 is 14.8 Å². The fraction of sp³-hybridized carbons (Fsp3) is 0.391. The molecular formula is C23H28N2O4. The van der Waals surface area contributed by atoms with Crippen LogP contribution in [0.1, 0.15) is 30.5 Å². The van der Waals surface area contributed by atoms with Gasteiger partial charge in [-0.05, 0) is 37.1 Å². The monoisotopic (exact) mass is 396 g/mol. The molecule has 2 aromatic rings. The number of amides is 2. The van der Waals surface area contributed by atoms with E-state index in [2.05, 4.69) is 5.32 Å². The molecule has 2 atom stereocenters. The molecule has 0 bridgehead atoms.